The summed E-state index contributed by atoms with van der Waals surface area (Å²) >= 11 is 0. The Morgan fingerprint density at radius 3 is 2.67 bits per heavy atom. The molecule has 2 heterocycles. The highest BCUT2D eigenvalue weighted by Crippen LogP contribution is 2.30. The van der Waals surface area contributed by atoms with Gasteiger partial charge in [0.2, 0.25) is 0 Å². The van der Waals surface area contributed by atoms with Crippen LogP contribution in [0.1, 0.15) is 67.3 Å². The zero-order valence-corrected chi connectivity index (χ0v) is 18.2. The molecule has 1 amide bonds. The molecule has 1 saturated heterocycles. The van der Waals surface area contributed by atoms with Gasteiger partial charge in [-0.3, -0.25) is 10.2 Å². The van der Waals surface area contributed by atoms with Crippen LogP contribution in [0, 0.1) is 18.3 Å². The van der Waals surface area contributed by atoms with Crippen LogP contribution in [0.15, 0.2) is 12.3 Å². The maximum atomic E-state index is 12.9. The van der Waals surface area contributed by atoms with Crippen LogP contribution in [-0.4, -0.2) is 55.1 Å². The topological polar surface area (TPSA) is 90.3 Å². The average molecular weight is 414 g/mol. The van der Waals surface area contributed by atoms with Gasteiger partial charge < -0.3 is 20.3 Å². The number of carbonyl (C=O) groups excluding carboxylic acids is 1. The molecule has 7 heteroatoms. The Bertz CT molecular complexity index is 773. The third-order valence-corrected chi connectivity index (χ3v) is 6.70. The van der Waals surface area contributed by atoms with E-state index in [1.54, 1.807) is 7.11 Å². The summed E-state index contributed by atoms with van der Waals surface area (Å²) in [4.78, 5) is 19.7. The third kappa shape index (κ3) is 5.01. The van der Waals surface area contributed by atoms with Crippen LogP contribution in [0.25, 0.3) is 0 Å². The van der Waals surface area contributed by atoms with Crippen LogP contribution in [0.4, 0.5) is 5.82 Å². The van der Waals surface area contributed by atoms with Crippen molar-refractivity contribution in [1.82, 2.24) is 15.6 Å². The van der Waals surface area contributed by atoms with E-state index in [9.17, 15) is 4.79 Å². The maximum Gasteiger partial charge on any atom is 0.260 e. The molecule has 7 nitrogen and oxygen atoms in total. The smallest absolute Gasteiger partial charge is 0.260 e. The molecule has 4 rings (SSSR count). The standard InChI is InChI=1S/C23H35N5O2/c1-15-12-18(23(29)27-21(24)16-8-9-16)22(25-13-15)28-11-10-19(20(14-28)30-2)26-17-6-4-3-5-7-17/h12-13,16-17,19-20,26H,3-11,14H2,1-2H3,(H2,24,27,29)/t19?,20-/m0/s1. The number of methoxy groups -OCH3 is 1. The van der Waals surface area contributed by atoms with E-state index in [1.165, 1.54) is 32.1 Å². The molecule has 2 atom stereocenters. The third-order valence-electron chi connectivity index (χ3n) is 6.70. The lowest BCUT2D eigenvalue weighted by Crippen LogP contribution is -2.56. The molecule has 1 aliphatic heterocycles. The lowest BCUT2D eigenvalue weighted by atomic mass is 9.92. The molecule has 30 heavy (non-hydrogen) atoms. The maximum absolute atomic E-state index is 12.9. The van der Waals surface area contributed by atoms with Gasteiger partial charge in [0, 0.05) is 44.4 Å². The number of nitrogens with zero attached hydrogens (tertiary/aromatic N) is 2. The molecular weight excluding hydrogens is 378 g/mol. The Kier molecular flexibility index (Phi) is 6.68. The first-order valence-corrected chi connectivity index (χ1v) is 11.5. The highest BCUT2D eigenvalue weighted by Gasteiger charge is 2.34. The van der Waals surface area contributed by atoms with Crippen LogP contribution in [0.3, 0.4) is 0 Å². The summed E-state index contributed by atoms with van der Waals surface area (Å²) in [6.07, 6.45) is 11.3. The van der Waals surface area contributed by atoms with Crippen LogP contribution in [0.2, 0.25) is 0 Å². The monoisotopic (exact) mass is 413 g/mol. The van der Waals surface area contributed by atoms with E-state index in [1.807, 2.05) is 19.2 Å². The van der Waals surface area contributed by atoms with Gasteiger partial charge in [-0.2, -0.15) is 0 Å². The van der Waals surface area contributed by atoms with Crippen molar-refractivity contribution in [3.8, 4) is 0 Å². The van der Waals surface area contributed by atoms with Gasteiger partial charge in [0.1, 0.15) is 11.7 Å². The molecule has 0 radical (unpaired) electrons. The van der Waals surface area contributed by atoms with Crippen molar-refractivity contribution in [2.24, 2.45) is 5.92 Å². The van der Waals surface area contributed by atoms with Crippen molar-refractivity contribution < 1.29 is 9.53 Å². The van der Waals surface area contributed by atoms with Crippen molar-refractivity contribution in [3.05, 3.63) is 23.4 Å². The minimum Gasteiger partial charge on any atom is -0.378 e. The molecular formula is C23H35N5O2. The summed E-state index contributed by atoms with van der Waals surface area (Å²) in [6.45, 7) is 3.48. The van der Waals surface area contributed by atoms with Crippen molar-refractivity contribution in [2.45, 2.75) is 76.5 Å². The number of carbonyl (C=O) groups is 1. The molecule has 3 N–H and O–H groups in total. The number of ether oxygens (including phenoxy) is 1. The van der Waals surface area contributed by atoms with Gasteiger partial charge in [0.05, 0.1) is 11.7 Å². The summed E-state index contributed by atoms with van der Waals surface area (Å²) in [5.74, 6) is 1.02. The van der Waals surface area contributed by atoms with E-state index in [2.05, 4.69) is 20.5 Å². The first kappa shape index (κ1) is 21.2. The van der Waals surface area contributed by atoms with E-state index in [0.29, 0.717) is 35.8 Å². The number of amidine groups is 1. The van der Waals surface area contributed by atoms with E-state index in [0.717, 1.165) is 31.4 Å². The minimum atomic E-state index is -0.227. The number of rotatable bonds is 6. The minimum absolute atomic E-state index is 0.0597. The van der Waals surface area contributed by atoms with Gasteiger partial charge in [-0.05, 0) is 50.7 Å². The van der Waals surface area contributed by atoms with Crippen LogP contribution in [0.5, 0.6) is 0 Å². The summed E-state index contributed by atoms with van der Waals surface area (Å²) in [7, 11) is 1.77. The lowest BCUT2D eigenvalue weighted by molar-refractivity contribution is 0.0533. The number of pyridine rings is 1. The molecule has 1 unspecified atom stereocenters. The van der Waals surface area contributed by atoms with Crippen molar-refractivity contribution in [1.29, 1.82) is 5.41 Å². The Morgan fingerprint density at radius 1 is 1.20 bits per heavy atom. The number of aryl methyl sites for hydroxylation is 1. The highest BCUT2D eigenvalue weighted by atomic mass is 16.5. The van der Waals surface area contributed by atoms with Gasteiger partial charge in [0.15, 0.2) is 0 Å². The fourth-order valence-corrected chi connectivity index (χ4v) is 4.76. The van der Waals surface area contributed by atoms with E-state index in [4.69, 9.17) is 10.1 Å². The van der Waals surface area contributed by atoms with Gasteiger partial charge in [-0.1, -0.05) is 19.3 Å². The molecule has 0 spiro atoms. The van der Waals surface area contributed by atoms with Gasteiger partial charge in [0.25, 0.3) is 5.91 Å². The SMILES string of the molecule is CO[C@H]1CN(c2ncc(C)cc2C(=O)NC(=N)C2CC2)CCC1NC1CCCCC1. The summed E-state index contributed by atoms with van der Waals surface area (Å²) in [5.41, 5.74) is 1.49. The zero-order chi connectivity index (χ0) is 21.1. The number of hydrogen-bond acceptors (Lipinski definition) is 6. The fraction of sp³-hybridized carbons (Fsp3) is 0.696. The average Bonchev–Trinajstić information content (AvgIpc) is 3.60. The molecule has 164 valence electrons. The quantitative estimate of drug-likeness (QED) is 0.493. The number of amides is 1. The second-order valence-corrected chi connectivity index (χ2v) is 9.14. The zero-order valence-electron chi connectivity index (χ0n) is 18.2. The van der Waals surface area contributed by atoms with Crippen molar-refractivity contribution in [2.75, 3.05) is 25.1 Å². The molecule has 3 aliphatic rings. The molecule has 3 fully saturated rings. The predicted molar refractivity (Wildman–Crippen MR) is 118 cm³/mol. The Morgan fingerprint density at radius 2 is 1.97 bits per heavy atom. The number of nitrogens with one attached hydrogen (secondary N) is 3. The molecule has 1 aromatic rings. The summed E-state index contributed by atoms with van der Waals surface area (Å²) < 4.78 is 5.86. The van der Waals surface area contributed by atoms with Gasteiger partial charge >= 0.3 is 0 Å². The lowest BCUT2D eigenvalue weighted by Gasteiger charge is -2.41. The van der Waals surface area contributed by atoms with Crippen molar-refractivity contribution >= 4 is 17.6 Å². The van der Waals surface area contributed by atoms with E-state index >= 15 is 0 Å². The Balaban J connectivity index is 1.45. The normalized spacial score (nSPS) is 25.2. The fourth-order valence-electron chi connectivity index (χ4n) is 4.76. The molecule has 0 bridgehead atoms. The first-order valence-electron chi connectivity index (χ1n) is 11.5. The number of anilines is 1. The first-order chi connectivity index (χ1) is 14.5. The largest absolute Gasteiger partial charge is 0.378 e. The number of piperidine rings is 1. The van der Waals surface area contributed by atoms with E-state index in [-0.39, 0.29) is 17.9 Å². The highest BCUT2D eigenvalue weighted by molar-refractivity contribution is 6.09. The molecule has 0 aromatic carbocycles. The molecule has 1 aromatic heterocycles. The second-order valence-electron chi connectivity index (χ2n) is 9.14. The summed E-state index contributed by atoms with van der Waals surface area (Å²) in [5, 5.41) is 14.7. The van der Waals surface area contributed by atoms with E-state index < -0.39 is 0 Å². The van der Waals surface area contributed by atoms with Crippen LogP contribution >= 0.6 is 0 Å². The Hall–Kier alpha value is -1.99. The molecule has 2 saturated carbocycles. The van der Waals surface area contributed by atoms with Crippen molar-refractivity contribution in [3.63, 3.8) is 0 Å². The Labute approximate surface area is 179 Å². The summed E-state index contributed by atoms with van der Waals surface area (Å²) in [6, 6.07) is 2.81. The van der Waals surface area contributed by atoms with Crippen LogP contribution in [-0.2, 0) is 4.74 Å². The number of aromatic nitrogens is 1. The van der Waals surface area contributed by atoms with Crippen LogP contribution < -0.4 is 15.5 Å². The second kappa shape index (κ2) is 9.43. The van der Waals surface area contributed by atoms with Gasteiger partial charge in [-0.25, -0.2) is 4.98 Å². The predicted octanol–water partition coefficient (Wildman–Crippen LogP) is 3.02. The molecule has 2 aliphatic carbocycles. The van der Waals surface area contributed by atoms with Gasteiger partial charge in [-0.15, -0.1) is 0 Å². The number of hydrogen-bond donors (Lipinski definition) is 3.